The van der Waals surface area contributed by atoms with Gasteiger partial charge in [0.1, 0.15) is 0 Å². The van der Waals surface area contributed by atoms with Gasteiger partial charge in [-0.15, -0.1) is 0 Å². The fourth-order valence-corrected chi connectivity index (χ4v) is 1.59. The fraction of sp³-hybridized carbons (Fsp3) is 0.300. The summed E-state index contributed by atoms with van der Waals surface area (Å²) in [4.78, 5) is 11.2. The number of carbonyl (C=O) groups is 1. The van der Waals surface area contributed by atoms with Crippen LogP contribution in [0, 0.1) is 0 Å². The predicted molar refractivity (Wildman–Crippen MR) is 56.9 cm³/mol. The Kier molecular flexibility index (Phi) is 3.04. The Morgan fingerprint density at radius 3 is 2.60 bits per heavy atom. The van der Waals surface area contributed by atoms with E-state index in [0.717, 1.165) is 6.42 Å². The maximum absolute atomic E-state index is 11.2. The smallest absolute Gasteiger partial charge is 0.407 e. The Bertz CT molecular complexity index is 363. The van der Waals surface area contributed by atoms with Crippen LogP contribution in [0.25, 0.3) is 0 Å². The molecule has 2 rings (SSSR count). The lowest BCUT2D eigenvalue weighted by molar-refractivity contribution is 0.0999. The van der Waals surface area contributed by atoms with Gasteiger partial charge in [0.15, 0.2) is 0 Å². The lowest BCUT2D eigenvalue weighted by Gasteiger charge is -2.21. The summed E-state index contributed by atoms with van der Waals surface area (Å²) < 4.78 is 10.8. The van der Waals surface area contributed by atoms with E-state index in [1.165, 1.54) is 0 Å². The second-order valence-electron chi connectivity index (χ2n) is 3.38. The summed E-state index contributed by atoms with van der Waals surface area (Å²) in [7, 11) is -0.456. The van der Waals surface area contributed by atoms with Crippen LogP contribution in [0.3, 0.4) is 0 Å². The average Bonchev–Trinajstić information content (AvgIpc) is 2.30. The highest BCUT2D eigenvalue weighted by molar-refractivity contribution is 6.63. The van der Waals surface area contributed by atoms with Crippen LogP contribution in [0.1, 0.15) is 16.8 Å². The molecule has 5 heteroatoms. The third-order valence-electron chi connectivity index (χ3n) is 2.31. The number of hydrogen-bond donors (Lipinski definition) is 1. The summed E-state index contributed by atoms with van der Waals surface area (Å²) in [5, 5.41) is 0. The summed E-state index contributed by atoms with van der Waals surface area (Å²) in [5.41, 5.74) is 6.45. The van der Waals surface area contributed by atoms with Crippen molar-refractivity contribution in [1.82, 2.24) is 0 Å². The summed E-state index contributed by atoms with van der Waals surface area (Å²) in [6.45, 7) is 1.30. The van der Waals surface area contributed by atoms with Crippen molar-refractivity contribution < 1.29 is 14.1 Å². The number of benzene rings is 1. The van der Waals surface area contributed by atoms with Gasteiger partial charge in [-0.1, -0.05) is 18.2 Å². The molecule has 1 aromatic carbocycles. The molecule has 0 aromatic heterocycles. The van der Waals surface area contributed by atoms with Gasteiger partial charge < -0.3 is 15.0 Å². The van der Waals surface area contributed by atoms with E-state index >= 15 is 0 Å². The third-order valence-corrected chi connectivity index (χ3v) is 2.31. The number of hydrogen-bond acceptors (Lipinski definition) is 3. The highest BCUT2D eigenvalue weighted by atomic mass is 16.6. The Labute approximate surface area is 88.5 Å². The lowest BCUT2D eigenvalue weighted by atomic mass is 9.75. The van der Waals surface area contributed by atoms with E-state index in [9.17, 15) is 4.79 Å². The maximum atomic E-state index is 11.2. The monoisotopic (exact) mass is 205 g/mol. The average molecular weight is 205 g/mol. The first-order valence-electron chi connectivity index (χ1n) is 4.91. The topological polar surface area (TPSA) is 61.6 Å². The van der Waals surface area contributed by atoms with E-state index in [0.29, 0.717) is 24.2 Å². The van der Waals surface area contributed by atoms with Gasteiger partial charge in [0.05, 0.1) is 0 Å². The van der Waals surface area contributed by atoms with E-state index < -0.39 is 13.0 Å². The van der Waals surface area contributed by atoms with Gasteiger partial charge in [-0.05, 0) is 17.9 Å². The molecular formula is C10H12BNO3. The van der Waals surface area contributed by atoms with Crippen molar-refractivity contribution in [3.05, 3.63) is 29.8 Å². The molecule has 2 N–H and O–H groups in total. The summed E-state index contributed by atoms with van der Waals surface area (Å²) >= 11 is 0. The molecule has 1 aromatic rings. The van der Waals surface area contributed by atoms with Crippen LogP contribution in [0.5, 0.6) is 0 Å². The van der Waals surface area contributed by atoms with Gasteiger partial charge in [-0.25, -0.2) is 0 Å². The molecule has 0 atom stereocenters. The minimum atomic E-state index is -0.456. The van der Waals surface area contributed by atoms with E-state index in [1.807, 2.05) is 6.07 Å². The zero-order valence-corrected chi connectivity index (χ0v) is 8.31. The standard InChI is InChI=1S/C10H12BNO3/c12-10(13)8-4-1-2-5-9(8)11-14-6-3-7-15-11/h1-2,4-5H,3,6-7H2,(H2,12,13). The molecule has 0 spiro atoms. The van der Waals surface area contributed by atoms with Gasteiger partial charge in [0.25, 0.3) is 0 Å². The number of nitrogens with two attached hydrogens (primary N) is 1. The lowest BCUT2D eigenvalue weighted by Crippen LogP contribution is -2.44. The van der Waals surface area contributed by atoms with Crippen molar-refractivity contribution >= 4 is 18.5 Å². The molecule has 0 radical (unpaired) electrons. The van der Waals surface area contributed by atoms with Crippen molar-refractivity contribution in [3.63, 3.8) is 0 Å². The van der Waals surface area contributed by atoms with E-state index in [2.05, 4.69) is 0 Å². The molecule has 0 bridgehead atoms. The molecule has 1 aliphatic heterocycles. The van der Waals surface area contributed by atoms with Crippen molar-refractivity contribution in [3.8, 4) is 0 Å². The highest BCUT2D eigenvalue weighted by Gasteiger charge is 2.27. The SMILES string of the molecule is NC(=O)c1ccccc1B1OCCCO1. The zero-order chi connectivity index (χ0) is 10.7. The Morgan fingerprint density at radius 1 is 1.27 bits per heavy atom. The Hall–Kier alpha value is -1.33. The second-order valence-corrected chi connectivity index (χ2v) is 3.38. The number of rotatable bonds is 2. The molecule has 4 nitrogen and oxygen atoms in total. The van der Waals surface area contributed by atoms with Crippen LogP contribution < -0.4 is 11.2 Å². The van der Waals surface area contributed by atoms with Crippen LogP contribution >= 0.6 is 0 Å². The van der Waals surface area contributed by atoms with Crippen LogP contribution in [0.4, 0.5) is 0 Å². The van der Waals surface area contributed by atoms with Gasteiger partial charge >= 0.3 is 7.12 Å². The van der Waals surface area contributed by atoms with E-state index in [4.69, 9.17) is 15.0 Å². The van der Waals surface area contributed by atoms with Crippen molar-refractivity contribution in [2.45, 2.75) is 6.42 Å². The fourth-order valence-electron chi connectivity index (χ4n) is 1.59. The molecule has 1 aliphatic rings. The highest BCUT2D eigenvalue weighted by Crippen LogP contribution is 2.05. The number of primary amides is 1. The summed E-state index contributed by atoms with van der Waals surface area (Å²) in [5.74, 6) is -0.455. The van der Waals surface area contributed by atoms with E-state index in [-0.39, 0.29) is 0 Å². The first-order chi connectivity index (χ1) is 7.29. The summed E-state index contributed by atoms with van der Waals surface area (Å²) in [6.07, 6.45) is 0.884. The van der Waals surface area contributed by atoms with Crippen molar-refractivity contribution in [2.24, 2.45) is 5.73 Å². The van der Waals surface area contributed by atoms with E-state index in [1.54, 1.807) is 18.2 Å². The predicted octanol–water partition coefficient (Wildman–Crippen LogP) is -0.0824. The van der Waals surface area contributed by atoms with Gasteiger partial charge in [0.2, 0.25) is 5.91 Å². The normalized spacial score (nSPS) is 16.4. The van der Waals surface area contributed by atoms with Crippen molar-refractivity contribution in [2.75, 3.05) is 13.2 Å². The Balaban J connectivity index is 2.29. The van der Waals surface area contributed by atoms with Crippen LogP contribution in [-0.4, -0.2) is 26.2 Å². The Morgan fingerprint density at radius 2 is 1.93 bits per heavy atom. The molecule has 1 heterocycles. The van der Waals surface area contributed by atoms with Crippen LogP contribution in [0.2, 0.25) is 0 Å². The minimum Gasteiger partial charge on any atom is -0.407 e. The largest absolute Gasteiger partial charge is 0.494 e. The zero-order valence-electron chi connectivity index (χ0n) is 8.31. The summed E-state index contributed by atoms with van der Waals surface area (Å²) in [6, 6.07) is 7.09. The van der Waals surface area contributed by atoms with Crippen LogP contribution in [0.15, 0.2) is 24.3 Å². The molecule has 15 heavy (non-hydrogen) atoms. The minimum absolute atomic E-state index is 0.455. The third kappa shape index (κ3) is 2.19. The molecule has 1 fully saturated rings. The molecule has 0 saturated carbocycles. The van der Waals surface area contributed by atoms with Gasteiger partial charge in [-0.3, -0.25) is 4.79 Å². The van der Waals surface area contributed by atoms with Crippen LogP contribution in [-0.2, 0) is 9.31 Å². The van der Waals surface area contributed by atoms with Crippen molar-refractivity contribution in [1.29, 1.82) is 0 Å². The van der Waals surface area contributed by atoms with Gasteiger partial charge in [-0.2, -0.15) is 0 Å². The molecular weight excluding hydrogens is 193 g/mol. The number of amides is 1. The molecule has 0 unspecified atom stereocenters. The first-order valence-corrected chi connectivity index (χ1v) is 4.91. The molecule has 1 amide bonds. The molecule has 0 aliphatic carbocycles. The second kappa shape index (κ2) is 4.46. The van der Waals surface area contributed by atoms with Gasteiger partial charge in [0, 0.05) is 18.8 Å². The maximum Gasteiger partial charge on any atom is 0.494 e. The number of carbonyl (C=O) groups excluding carboxylic acids is 1. The molecule has 1 saturated heterocycles. The molecule has 78 valence electrons. The first kappa shape index (κ1) is 10.2. The quantitative estimate of drug-likeness (QED) is 0.686.